The lowest BCUT2D eigenvalue weighted by Gasteiger charge is -2.27. The van der Waals surface area contributed by atoms with Crippen molar-refractivity contribution in [3.8, 4) is 11.1 Å². The molecule has 2 aromatic carbocycles. The molecule has 0 aliphatic heterocycles. The highest BCUT2D eigenvalue weighted by molar-refractivity contribution is 7.90. The summed E-state index contributed by atoms with van der Waals surface area (Å²) in [5.41, 5.74) is 2.97. The minimum Gasteiger partial charge on any atom is -0.598 e. The number of carbonyl (C=O) groups is 1. The predicted molar refractivity (Wildman–Crippen MR) is 149 cm³/mol. The number of hydrogen-bond acceptors (Lipinski definition) is 5. The Balaban J connectivity index is 2.23. The van der Waals surface area contributed by atoms with Crippen molar-refractivity contribution in [1.29, 1.82) is 0 Å². The van der Waals surface area contributed by atoms with Gasteiger partial charge >= 0.3 is 0 Å². The molecule has 2 unspecified atom stereocenters. The average Bonchev–Trinajstić information content (AvgIpc) is 2.84. The number of benzene rings is 2. The Hall–Kier alpha value is -2.59. The Morgan fingerprint density at radius 1 is 1.14 bits per heavy atom. The molecule has 0 amide bonds. The zero-order valence-electron chi connectivity index (χ0n) is 22.0. The predicted octanol–water partition coefficient (Wildman–Crippen LogP) is 4.80. The van der Waals surface area contributed by atoms with E-state index >= 15 is 0 Å². The smallest absolute Gasteiger partial charge is 0.250 e. The molecule has 0 radical (unpaired) electrons. The third-order valence-electron chi connectivity index (χ3n) is 5.94. The van der Waals surface area contributed by atoms with Crippen LogP contribution in [0.3, 0.4) is 0 Å². The van der Waals surface area contributed by atoms with Crippen LogP contribution in [0.15, 0.2) is 59.5 Å². The van der Waals surface area contributed by atoms with Gasteiger partial charge < -0.3 is 9.12 Å². The number of aryl methyl sites for hydroxylation is 1. The van der Waals surface area contributed by atoms with Crippen LogP contribution in [0.25, 0.3) is 11.1 Å². The number of ketones is 1. The number of rotatable bonds is 9. The molecule has 0 aliphatic carbocycles. The van der Waals surface area contributed by atoms with E-state index in [0.29, 0.717) is 39.3 Å². The summed E-state index contributed by atoms with van der Waals surface area (Å²) in [6, 6.07) is 11.6. The largest absolute Gasteiger partial charge is 0.598 e. The molecular weight excluding hydrogens is 511 g/mol. The standard InChI is InChI=1S/C28H33FN2O4S2/c1-7-36(34)17-19-8-13-22(27(33)20-9-11-21(29)12-10-20)24(14-19)25-16-31(6)26(32)15-23(25)18(2)30-37(35)28(3,4)5/h8-16,18,30H,7,17H2,1-6H3/t18-,36?,37?/m0/s1. The molecule has 198 valence electrons. The maximum Gasteiger partial charge on any atom is 0.250 e. The van der Waals surface area contributed by atoms with E-state index in [9.17, 15) is 22.7 Å². The summed E-state index contributed by atoms with van der Waals surface area (Å²) in [5, 5.41) is 0. The van der Waals surface area contributed by atoms with Crippen LogP contribution in [0, 0.1) is 5.82 Å². The van der Waals surface area contributed by atoms with Gasteiger partial charge in [-0.25, -0.2) is 4.39 Å². The van der Waals surface area contributed by atoms with Gasteiger partial charge in [-0.1, -0.05) is 19.1 Å². The third kappa shape index (κ3) is 7.04. The van der Waals surface area contributed by atoms with Crippen LogP contribution in [-0.4, -0.2) is 29.6 Å². The lowest BCUT2D eigenvalue weighted by Crippen LogP contribution is -2.41. The van der Waals surface area contributed by atoms with Gasteiger partial charge in [0.2, 0.25) is 0 Å². The molecule has 0 aliphatic rings. The van der Waals surface area contributed by atoms with Gasteiger partial charge in [0.05, 0.1) is 6.04 Å². The second-order valence-corrected chi connectivity index (χ2v) is 13.6. The molecule has 3 atom stereocenters. The van der Waals surface area contributed by atoms with Crippen molar-refractivity contribution in [2.24, 2.45) is 7.05 Å². The van der Waals surface area contributed by atoms with Crippen molar-refractivity contribution < 1.29 is 17.9 Å². The molecular formula is C28H33FN2O4S2. The van der Waals surface area contributed by atoms with Crippen LogP contribution < -0.4 is 10.3 Å². The summed E-state index contributed by atoms with van der Waals surface area (Å²) in [4.78, 5) is 26.2. The van der Waals surface area contributed by atoms with Crippen LogP contribution in [-0.2, 0) is 35.0 Å². The van der Waals surface area contributed by atoms with E-state index in [4.69, 9.17) is 0 Å². The van der Waals surface area contributed by atoms with Crippen molar-refractivity contribution >= 4 is 27.9 Å². The molecule has 1 aromatic heterocycles. The fourth-order valence-electron chi connectivity index (χ4n) is 3.78. The first-order valence-corrected chi connectivity index (χ1v) is 14.6. The van der Waals surface area contributed by atoms with E-state index in [1.54, 1.807) is 25.4 Å². The molecule has 0 saturated heterocycles. The van der Waals surface area contributed by atoms with Gasteiger partial charge in [0.15, 0.2) is 5.78 Å². The van der Waals surface area contributed by atoms with E-state index in [0.717, 1.165) is 5.56 Å². The number of nitrogens with zero attached hydrogens (tertiary/aromatic N) is 1. The summed E-state index contributed by atoms with van der Waals surface area (Å²) in [6.07, 6.45) is 1.66. The molecule has 37 heavy (non-hydrogen) atoms. The molecule has 0 fully saturated rings. The maximum atomic E-state index is 13.6. The minimum absolute atomic E-state index is 0.247. The molecule has 1 N–H and O–H groups in total. The lowest BCUT2D eigenvalue weighted by atomic mass is 9.89. The van der Waals surface area contributed by atoms with E-state index in [1.807, 2.05) is 40.7 Å². The highest BCUT2D eigenvalue weighted by Gasteiger charge is 2.30. The quantitative estimate of drug-likeness (QED) is 0.309. The van der Waals surface area contributed by atoms with Crippen LogP contribution in [0.1, 0.15) is 67.7 Å². The topological polar surface area (TPSA) is 91.2 Å². The lowest BCUT2D eigenvalue weighted by molar-refractivity contribution is 0.103. The molecule has 3 aromatic rings. The highest BCUT2D eigenvalue weighted by atomic mass is 32.2. The second kappa shape index (κ2) is 11.9. The first-order valence-electron chi connectivity index (χ1n) is 12.0. The van der Waals surface area contributed by atoms with Crippen molar-refractivity contribution in [2.45, 2.75) is 51.2 Å². The monoisotopic (exact) mass is 544 g/mol. The number of aromatic nitrogens is 1. The Labute approximate surface area is 223 Å². The second-order valence-electron chi connectivity index (χ2n) is 9.90. The molecule has 1 heterocycles. The van der Waals surface area contributed by atoms with Gasteiger partial charge in [0, 0.05) is 69.7 Å². The molecule has 9 heteroatoms. The Morgan fingerprint density at radius 3 is 2.38 bits per heavy atom. The molecule has 0 bridgehead atoms. The summed E-state index contributed by atoms with van der Waals surface area (Å²) < 4.78 is 42.6. The highest BCUT2D eigenvalue weighted by Crippen LogP contribution is 2.33. The number of pyridine rings is 1. The van der Waals surface area contributed by atoms with E-state index in [1.165, 1.54) is 34.9 Å². The van der Waals surface area contributed by atoms with Crippen LogP contribution >= 0.6 is 0 Å². The SMILES string of the molecule is CCS(=O)Cc1ccc(C(=O)c2ccc(F)cc2)c(-c2cn(C)c(=O)cc2[C@H](C)N[S+]([O-])C(C)(C)C)c1. The van der Waals surface area contributed by atoms with Crippen molar-refractivity contribution in [3.05, 3.63) is 93.2 Å². The van der Waals surface area contributed by atoms with Crippen LogP contribution in [0.5, 0.6) is 0 Å². The van der Waals surface area contributed by atoms with Crippen molar-refractivity contribution in [2.75, 3.05) is 5.75 Å². The molecule has 6 nitrogen and oxygen atoms in total. The van der Waals surface area contributed by atoms with E-state index < -0.39 is 38.8 Å². The third-order valence-corrected chi connectivity index (χ3v) is 8.92. The first-order chi connectivity index (χ1) is 17.3. The molecule has 0 saturated carbocycles. The molecule has 3 rings (SSSR count). The van der Waals surface area contributed by atoms with Gasteiger partial charge in [0.1, 0.15) is 10.6 Å². The zero-order chi connectivity index (χ0) is 27.5. The van der Waals surface area contributed by atoms with Crippen LogP contribution in [0.4, 0.5) is 4.39 Å². The molecule has 0 spiro atoms. The first kappa shape index (κ1) is 29.0. The summed E-state index contributed by atoms with van der Waals surface area (Å²) in [5.74, 6) is 0.0615. The van der Waals surface area contributed by atoms with Crippen LogP contribution in [0.2, 0.25) is 0 Å². The number of nitrogens with one attached hydrogen (secondary N) is 1. The van der Waals surface area contributed by atoms with Gasteiger partial charge in [-0.05, 0) is 74.7 Å². The van der Waals surface area contributed by atoms with Gasteiger partial charge in [-0.3, -0.25) is 13.8 Å². The zero-order valence-corrected chi connectivity index (χ0v) is 23.6. The van der Waals surface area contributed by atoms with E-state index in [-0.39, 0.29) is 11.3 Å². The summed E-state index contributed by atoms with van der Waals surface area (Å²) in [7, 11) is 0.551. The number of carbonyl (C=O) groups excluding carboxylic acids is 1. The normalized spacial score (nSPS) is 14.3. The summed E-state index contributed by atoms with van der Waals surface area (Å²) in [6.45, 7) is 9.22. The van der Waals surface area contributed by atoms with Gasteiger partial charge in [-0.15, -0.1) is 4.72 Å². The Kier molecular flexibility index (Phi) is 9.28. The van der Waals surface area contributed by atoms with Crippen molar-refractivity contribution in [1.82, 2.24) is 9.29 Å². The maximum absolute atomic E-state index is 13.6. The van der Waals surface area contributed by atoms with E-state index in [2.05, 4.69) is 4.72 Å². The average molecular weight is 545 g/mol. The van der Waals surface area contributed by atoms with Gasteiger partial charge in [0.25, 0.3) is 5.56 Å². The number of hydrogen-bond donors (Lipinski definition) is 1. The number of halogens is 1. The minimum atomic E-state index is -1.41. The Morgan fingerprint density at radius 2 is 1.78 bits per heavy atom. The summed E-state index contributed by atoms with van der Waals surface area (Å²) >= 11 is -1.41. The Bertz CT molecular complexity index is 1360. The fraction of sp³-hybridized carbons (Fsp3) is 0.357. The fourth-order valence-corrected chi connectivity index (χ4v) is 5.33. The van der Waals surface area contributed by atoms with Crippen molar-refractivity contribution in [3.63, 3.8) is 0 Å². The van der Waals surface area contributed by atoms with Gasteiger partial charge in [-0.2, -0.15) is 0 Å².